The number of halogens is 4. The van der Waals surface area contributed by atoms with Crippen molar-refractivity contribution in [3.05, 3.63) is 96.9 Å². The summed E-state index contributed by atoms with van der Waals surface area (Å²) in [4.78, 5) is 42.5. The molecule has 6 nitrogen and oxygen atoms in total. The first-order valence-electron chi connectivity index (χ1n) is 11.7. The molecule has 0 bridgehead atoms. The molecular formula is C28H22Cl4N2O4. The quantitative estimate of drug-likeness (QED) is 0.293. The van der Waals surface area contributed by atoms with Crippen LogP contribution in [0.15, 0.2) is 59.6 Å². The van der Waals surface area contributed by atoms with Crippen LogP contribution in [0.25, 0.3) is 0 Å². The van der Waals surface area contributed by atoms with E-state index in [2.05, 4.69) is 10.3 Å². The van der Waals surface area contributed by atoms with E-state index in [1.165, 1.54) is 25.1 Å². The standard InChI is InChI=1S/C28H22Cl4N2O4/c1-15(35)5-4-10-38-24-9-8-17(29)12-20(24)28(37)34-27-23(36)11-16-6-2-3-7-19(16)26(33-27)25-21(31)13-18(30)14-22(25)32/h2-3,6-9,12-14,27H,4-5,10-11H2,1H3,(H,34,37). The minimum Gasteiger partial charge on any atom is -0.493 e. The van der Waals surface area contributed by atoms with Crippen LogP contribution in [0.5, 0.6) is 5.75 Å². The Morgan fingerprint density at radius 3 is 2.42 bits per heavy atom. The molecule has 3 aromatic carbocycles. The minimum absolute atomic E-state index is 0.0287. The van der Waals surface area contributed by atoms with E-state index < -0.39 is 12.1 Å². The Morgan fingerprint density at radius 2 is 1.71 bits per heavy atom. The summed E-state index contributed by atoms with van der Waals surface area (Å²) in [6.45, 7) is 1.73. The lowest BCUT2D eigenvalue weighted by atomic mass is 9.96. The van der Waals surface area contributed by atoms with Gasteiger partial charge in [0.25, 0.3) is 5.91 Å². The monoisotopic (exact) mass is 590 g/mol. The smallest absolute Gasteiger partial charge is 0.257 e. The molecule has 0 spiro atoms. The normalized spacial score (nSPS) is 14.8. The Balaban J connectivity index is 1.70. The van der Waals surface area contributed by atoms with Crippen LogP contribution in [0.2, 0.25) is 20.1 Å². The lowest BCUT2D eigenvalue weighted by Gasteiger charge is -2.17. The highest BCUT2D eigenvalue weighted by atomic mass is 35.5. The first-order valence-corrected chi connectivity index (χ1v) is 13.2. The summed E-state index contributed by atoms with van der Waals surface area (Å²) in [5.41, 5.74) is 2.27. The molecule has 1 heterocycles. The zero-order valence-corrected chi connectivity index (χ0v) is 23.2. The summed E-state index contributed by atoms with van der Waals surface area (Å²) in [5, 5.41) is 3.88. The number of amides is 1. The second-order valence-electron chi connectivity index (χ2n) is 8.69. The number of rotatable bonds is 8. The molecule has 10 heteroatoms. The number of ketones is 2. The molecule has 196 valence electrons. The number of carbonyl (C=O) groups is 3. The van der Waals surface area contributed by atoms with E-state index in [1.807, 2.05) is 24.3 Å². The number of fused-ring (bicyclic) bond motifs is 1. The predicted octanol–water partition coefficient (Wildman–Crippen LogP) is 6.77. The average molecular weight is 592 g/mol. The van der Waals surface area contributed by atoms with E-state index in [4.69, 9.17) is 51.1 Å². The van der Waals surface area contributed by atoms with Gasteiger partial charge in [-0.05, 0) is 49.2 Å². The van der Waals surface area contributed by atoms with Gasteiger partial charge in [-0.1, -0.05) is 70.7 Å². The molecule has 1 aliphatic heterocycles. The van der Waals surface area contributed by atoms with Gasteiger partial charge in [-0.3, -0.25) is 14.6 Å². The third-order valence-electron chi connectivity index (χ3n) is 5.83. The van der Waals surface area contributed by atoms with E-state index in [0.717, 1.165) is 0 Å². The number of benzene rings is 3. The second kappa shape index (κ2) is 12.3. The number of hydrogen-bond acceptors (Lipinski definition) is 5. The number of nitrogens with zero attached hydrogens (tertiary/aromatic N) is 1. The van der Waals surface area contributed by atoms with Gasteiger partial charge in [-0.2, -0.15) is 0 Å². The molecule has 1 unspecified atom stereocenters. The van der Waals surface area contributed by atoms with Crippen LogP contribution in [0.3, 0.4) is 0 Å². The summed E-state index contributed by atoms with van der Waals surface area (Å²) in [5.74, 6) is -0.611. The number of Topliss-reactive ketones (excluding diaryl/α,β-unsaturated/α-hetero) is 2. The number of aliphatic imine (C=N–C) groups is 1. The fraction of sp³-hybridized carbons (Fsp3) is 0.214. The van der Waals surface area contributed by atoms with Crippen molar-refractivity contribution in [1.82, 2.24) is 5.32 Å². The van der Waals surface area contributed by atoms with E-state index in [0.29, 0.717) is 45.3 Å². The topological polar surface area (TPSA) is 84.8 Å². The van der Waals surface area contributed by atoms with Gasteiger partial charge in [0.1, 0.15) is 11.5 Å². The minimum atomic E-state index is -1.24. The largest absolute Gasteiger partial charge is 0.493 e. The SMILES string of the molecule is CC(=O)CCCOc1ccc(Cl)cc1C(=O)NC1N=C(c2c(Cl)cc(Cl)cc2Cl)c2ccccc2CC1=O. The first kappa shape index (κ1) is 28.1. The molecule has 1 amide bonds. The molecule has 1 N–H and O–H groups in total. The Bertz CT molecular complexity index is 1430. The Hall–Kier alpha value is -2.90. The predicted molar refractivity (Wildman–Crippen MR) is 150 cm³/mol. The lowest BCUT2D eigenvalue weighted by molar-refractivity contribution is -0.120. The number of nitrogens with one attached hydrogen (secondary N) is 1. The molecule has 0 radical (unpaired) electrons. The summed E-state index contributed by atoms with van der Waals surface area (Å²) in [7, 11) is 0. The summed E-state index contributed by atoms with van der Waals surface area (Å²) in [6.07, 6.45) is -0.355. The second-order valence-corrected chi connectivity index (χ2v) is 10.4. The Labute approximate surface area is 239 Å². The van der Waals surface area contributed by atoms with Crippen molar-refractivity contribution in [2.45, 2.75) is 32.4 Å². The molecule has 1 aliphatic rings. The van der Waals surface area contributed by atoms with Gasteiger partial charge in [0.15, 0.2) is 11.9 Å². The molecule has 4 rings (SSSR count). The lowest BCUT2D eigenvalue weighted by Crippen LogP contribution is -2.40. The van der Waals surface area contributed by atoms with E-state index >= 15 is 0 Å². The molecule has 38 heavy (non-hydrogen) atoms. The van der Waals surface area contributed by atoms with Crippen molar-refractivity contribution in [1.29, 1.82) is 0 Å². The number of carbonyl (C=O) groups excluding carboxylic acids is 3. The van der Waals surface area contributed by atoms with Gasteiger partial charge in [0, 0.05) is 34.0 Å². The third-order valence-corrected chi connectivity index (χ3v) is 6.88. The van der Waals surface area contributed by atoms with Gasteiger partial charge in [-0.25, -0.2) is 0 Å². The molecule has 0 fully saturated rings. The van der Waals surface area contributed by atoms with Gasteiger partial charge < -0.3 is 14.8 Å². The van der Waals surface area contributed by atoms with Crippen LogP contribution >= 0.6 is 46.4 Å². The highest BCUT2D eigenvalue weighted by Gasteiger charge is 2.30. The average Bonchev–Trinajstić information content (AvgIpc) is 2.98. The molecule has 0 saturated carbocycles. The van der Waals surface area contributed by atoms with Crippen LogP contribution in [0, 0.1) is 0 Å². The van der Waals surface area contributed by atoms with Crippen molar-refractivity contribution in [2.75, 3.05) is 6.61 Å². The zero-order valence-electron chi connectivity index (χ0n) is 20.2. The van der Waals surface area contributed by atoms with Crippen molar-refractivity contribution < 1.29 is 19.1 Å². The zero-order chi connectivity index (χ0) is 27.4. The van der Waals surface area contributed by atoms with Crippen molar-refractivity contribution in [3.63, 3.8) is 0 Å². The molecule has 0 aromatic heterocycles. The fourth-order valence-corrected chi connectivity index (χ4v) is 5.22. The summed E-state index contributed by atoms with van der Waals surface area (Å²) < 4.78 is 5.75. The molecular weight excluding hydrogens is 570 g/mol. The first-order chi connectivity index (χ1) is 18.1. The maximum absolute atomic E-state index is 13.4. The van der Waals surface area contributed by atoms with Gasteiger partial charge in [0.05, 0.1) is 27.9 Å². The maximum atomic E-state index is 13.4. The van der Waals surface area contributed by atoms with Gasteiger partial charge in [-0.15, -0.1) is 0 Å². The highest BCUT2D eigenvalue weighted by Crippen LogP contribution is 2.33. The summed E-state index contributed by atoms with van der Waals surface area (Å²) in [6, 6.07) is 14.9. The van der Waals surface area contributed by atoms with Gasteiger partial charge >= 0.3 is 0 Å². The molecule has 3 aromatic rings. The molecule has 1 atom stereocenters. The van der Waals surface area contributed by atoms with E-state index in [-0.39, 0.29) is 46.0 Å². The van der Waals surface area contributed by atoms with Crippen molar-refractivity contribution >= 4 is 69.6 Å². The van der Waals surface area contributed by atoms with E-state index in [1.54, 1.807) is 12.1 Å². The van der Waals surface area contributed by atoms with Crippen LogP contribution in [-0.4, -0.2) is 36.0 Å². The van der Waals surface area contributed by atoms with Gasteiger partial charge in [0.2, 0.25) is 0 Å². The van der Waals surface area contributed by atoms with Crippen molar-refractivity contribution in [3.8, 4) is 5.75 Å². The van der Waals surface area contributed by atoms with Crippen LogP contribution < -0.4 is 10.1 Å². The number of hydrogen-bond donors (Lipinski definition) is 1. The Morgan fingerprint density at radius 1 is 1.00 bits per heavy atom. The molecule has 0 saturated heterocycles. The summed E-state index contributed by atoms with van der Waals surface area (Å²) >= 11 is 25.3. The Kier molecular flexibility index (Phi) is 9.11. The third kappa shape index (κ3) is 6.56. The van der Waals surface area contributed by atoms with Crippen LogP contribution in [0.1, 0.15) is 46.8 Å². The maximum Gasteiger partial charge on any atom is 0.257 e. The van der Waals surface area contributed by atoms with Crippen LogP contribution in [-0.2, 0) is 16.0 Å². The molecule has 0 aliphatic carbocycles. The number of ether oxygens (including phenoxy) is 1. The van der Waals surface area contributed by atoms with E-state index in [9.17, 15) is 14.4 Å². The fourth-order valence-electron chi connectivity index (χ4n) is 4.05. The van der Waals surface area contributed by atoms with Crippen LogP contribution in [0.4, 0.5) is 0 Å². The van der Waals surface area contributed by atoms with Crippen molar-refractivity contribution in [2.24, 2.45) is 4.99 Å². The highest BCUT2D eigenvalue weighted by molar-refractivity contribution is 6.43.